The van der Waals surface area contributed by atoms with Crippen molar-refractivity contribution in [1.82, 2.24) is 4.57 Å². The molecule has 3 aromatic rings. The number of nitrogens with one attached hydrogen (secondary N) is 1. The number of rotatable bonds is 4. The number of para-hydroxylation sites is 1. The van der Waals surface area contributed by atoms with Gasteiger partial charge in [0, 0.05) is 22.1 Å². The van der Waals surface area contributed by atoms with Gasteiger partial charge in [0.05, 0.1) is 5.69 Å². The summed E-state index contributed by atoms with van der Waals surface area (Å²) in [5, 5.41) is 12.7. The van der Waals surface area contributed by atoms with Crippen molar-refractivity contribution >= 4 is 29.3 Å². The van der Waals surface area contributed by atoms with Gasteiger partial charge in [0.2, 0.25) is 0 Å². The van der Waals surface area contributed by atoms with Crippen LogP contribution in [0.5, 0.6) is 0 Å². The number of hydrogen-bond donors (Lipinski definition) is 1. The summed E-state index contributed by atoms with van der Waals surface area (Å²) in [5.41, 5.74) is 3.94. The molecule has 29 heavy (non-hydrogen) atoms. The third kappa shape index (κ3) is 4.23. The van der Waals surface area contributed by atoms with Gasteiger partial charge in [-0.25, -0.2) is 4.39 Å². The molecule has 1 amide bonds. The lowest BCUT2D eigenvalue weighted by Crippen LogP contribution is -2.13. The second-order valence-electron chi connectivity index (χ2n) is 6.70. The SMILES string of the molecule is Cc1ccc(NC(=O)/C(C#N)=C\c2cc(C)n(-c3ccccc3F)c2C)cc1Cl. The van der Waals surface area contributed by atoms with Crippen LogP contribution in [-0.4, -0.2) is 10.5 Å². The Bertz CT molecular complexity index is 1170. The van der Waals surface area contributed by atoms with Crippen molar-refractivity contribution in [2.24, 2.45) is 0 Å². The summed E-state index contributed by atoms with van der Waals surface area (Å²) in [5.74, 6) is -0.887. The predicted octanol–water partition coefficient (Wildman–Crippen LogP) is 5.74. The monoisotopic (exact) mass is 407 g/mol. The van der Waals surface area contributed by atoms with Crippen LogP contribution in [0.4, 0.5) is 10.1 Å². The van der Waals surface area contributed by atoms with E-state index in [9.17, 15) is 14.4 Å². The molecule has 2 aromatic carbocycles. The standard InChI is InChI=1S/C23H19ClFN3O/c1-14-8-9-19(12-20(14)24)27-23(29)18(13-26)11-17-10-15(2)28(16(17)3)22-7-5-4-6-21(22)25/h4-12H,1-3H3,(H,27,29)/b18-11-. The van der Waals surface area contributed by atoms with Gasteiger partial charge in [-0.3, -0.25) is 4.79 Å². The maximum atomic E-state index is 14.2. The number of hydrogen-bond acceptors (Lipinski definition) is 2. The second kappa shape index (κ2) is 8.34. The van der Waals surface area contributed by atoms with Crippen molar-refractivity contribution in [3.05, 3.63) is 87.5 Å². The summed E-state index contributed by atoms with van der Waals surface area (Å²) >= 11 is 6.09. The first-order valence-electron chi connectivity index (χ1n) is 8.95. The molecule has 0 saturated heterocycles. The Morgan fingerprint density at radius 3 is 2.55 bits per heavy atom. The molecule has 0 bridgehead atoms. The molecular formula is C23H19ClFN3O. The summed E-state index contributed by atoms with van der Waals surface area (Å²) in [6.07, 6.45) is 1.50. The third-order valence-electron chi connectivity index (χ3n) is 4.66. The fraction of sp³-hybridized carbons (Fsp3) is 0.130. The van der Waals surface area contributed by atoms with Gasteiger partial charge in [0.1, 0.15) is 17.5 Å². The highest BCUT2D eigenvalue weighted by Gasteiger charge is 2.15. The van der Waals surface area contributed by atoms with Crippen LogP contribution in [0.15, 0.2) is 54.1 Å². The zero-order valence-corrected chi connectivity index (χ0v) is 17.0. The van der Waals surface area contributed by atoms with E-state index >= 15 is 0 Å². The summed E-state index contributed by atoms with van der Waals surface area (Å²) in [4.78, 5) is 12.6. The first-order valence-corrected chi connectivity index (χ1v) is 9.32. The van der Waals surface area contributed by atoms with E-state index in [1.165, 1.54) is 12.1 Å². The Kier molecular flexibility index (Phi) is 5.86. The molecule has 4 nitrogen and oxygen atoms in total. The average Bonchev–Trinajstić information content (AvgIpc) is 2.96. The Labute approximate surface area is 173 Å². The Hall–Kier alpha value is -3.36. The fourth-order valence-corrected chi connectivity index (χ4v) is 3.29. The number of aromatic nitrogens is 1. The van der Waals surface area contributed by atoms with Gasteiger partial charge in [-0.15, -0.1) is 0 Å². The molecule has 0 spiro atoms. The van der Waals surface area contributed by atoms with Crippen molar-refractivity contribution in [2.75, 3.05) is 5.32 Å². The van der Waals surface area contributed by atoms with Crippen LogP contribution in [0.1, 0.15) is 22.5 Å². The molecule has 1 aromatic heterocycles. The Balaban J connectivity index is 1.94. The van der Waals surface area contributed by atoms with Crippen LogP contribution in [0.2, 0.25) is 5.02 Å². The molecule has 0 aliphatic rings. The number of nitriles is 1. The lowest BCUT2D eigenvalue weighted by Gasteiger charge is -2.10. The van der Waals surface area contributed by atoms with E-state index in [0.717, 1.165) is 17.0 Å². The van der Waals surface area contributed by atoms with Gasteiger partial charge in [0.15, 0.2) is 0 Å². The molecule has 1 N–H and O–H groups in total. The zero-order valence-electron chi connectivity index (χ0n) is 16.3. The number of carbonyl (C=O) groups excluding carboxylic acids is 1. The van der Waals surface area contributed by atoms with Crippen molar-refractivity contribution in [2.45, 2.75) is 20.8 Å². The average molecular weight is 408 g/mol. The largest absolute Gasteiger partial charge is 0.321 e. The van der Waals surface area contributed by atoms with Gasteiger partial charge in [-0.05, 0) is 68.3 Å². The summed E-state index contributed by atoms with van der Waals surface area (Å²) in [6.45, 7) is 5.52. The van der Waals surface area contributed by atoms with Crippen molar-refractivity contribution in [1.29, 1.82) is 5.26 Å². The van der Waals surface area contributed by atoms with E-state index in [1.54, 1.807) is 41.0 Å². The van der Waals surface area contributed by atoms with Crippen molar-refractivity contribution < 1.29 is 9.18 Å². The van der Waals surface area contributed by atoms with Crippen molar-refractivity contribution in [3.63, 3.8) is 0 Å². The number of aryl methyl sites for hydroxylation is 2. The van der Waals surface area contributed by atoms with E-state index in [2.05, 4.69) is 5.32 Å². The molecule has 0 radical (unpaired) electrons. The second-order valence-corrected chi connectivity index (χ2v) is 7.11. The van der Waals surface area contributed by atoms with E-state index in [1.807, 2.05) is 32.9 Å². The van der Waals surface area contributed by atoms with E-state index < -0.39 is 5.91 Å². The summed E-state index contributed by atoms with van der Waals surface area (Å²) < 4.78 is 16.0. The van der Waals surface area contributed by atoms with Crippen LogP contribution in [-0.2, 0) is 4.79 Å². The number of carbonyl (C=O) groups is 1. The molecule has 3 rings (SSSR count). The highest BCUT2D eigenvalue weighted by Crippen LogP contribution is 2.25. The van der Waals surface area contributed by atoms with Crippen LogP contribution in [0.25, 0.3) is 11.8 Å². The molecule has 0 aliphatic heterocycles. The first kappa shape index (κ1) is 20.4. The Morgan fingerprint density at radius 1 is 1.17 bits per heavy atom. The highest BCUT2D eigenvalue weighted by atomic mass is 35.5. The molecule has 1 heterocycles. The number of anilines is 1. The Morgan fingerprint density at radius 2 is 1.90 bits per heavy atom. The van der Waals surface area contributed by atoms with Gasteiger partial charge in [-0.1, -0.05) is 29.8 Å². The topological polar surface area (TPSA) is 57.8 Å². The van der Waals surface area contributed by atoms with Gasteiger partial charge in [-0.2, -0.15) is 5.26 Å². The van der Waals surface area contributed by atoms with Gasteiger partial charge >= 0.3 is 0 Å². The number of nitrogens with zero attached hydrogens (tertiary/aromatic N) is 2. The third-order valence-corrected chi connectivity index (χ3v) is 5.07. The molecule has 146 valence electrons. The van der Waals surface area contributed by atoms with Crippen LogP contribution >= 0.6 is 11.6 Å². The molecular weight excluding hydrogens is 389 g/mol. The molecule has 0 aliphatic carbocycles. The molecule has 0 unspecified atom stereocenters. The van der Waals surface area contributed by atoms with Gasteiger partial charge in [0.25, 0.3) is 5.91 Å². The predicted molar refractivity (Wildman–Crippen MR) is 114 cm³/mol. The van der Waals surface area contributed by atoms with Crippen LogP contribution in [0.3, 0.4) is 0 Å². The number of benzene rings is 2. The maximum absolute atomic E-state index is 14.2. The van der Waals surface area contributed by atoms with E-state index in [0.29, 0.717) is 22.0 Å². The zero-order chi connectivity index (χ0) is 21.1. The molecule has 0 fully saturated rings. The quantitative estimate of drug-likeness (QED) is 0.442. The number of halogens is 2. The minimum absolute atomic E-state index is 0.0597. The van der Waals surface area contributed by atoms with Crippen molar-refractivity contribution in [3.8, 4) is 11.8 Å². The van der Waals surface area contributed by atoms with E-state index in [4.69, 9.17) is 11.6 Å². The molecule has 0 saturated carbocycles. The van der Waals surface area contributed by atoms with Gasteiger partial charge < -0.3 is 9.88 Å². The molecule has 6 heteroatoms. The minimum Gasteiger partial charge on any atom is -0.321 e. The minimum atomic E-state index is -0.539. The smallest absolute Gasteiger partial charge is 0.266 e. The van der Waals surface area contributed by atoms with E-state index in [-0.39, 0.29) is 11.4 Å². The maximum Gasteiger partial charge on any atom is 0.266 e. The van der Waals surface area contributed by atoms with Crippen LogP contribution in [0, 0.1) is 37.9 Å². The first-order chi connectivity index (χ1) is 13.8. The number of amides is 1. The highest BCUT2D eigenvalue weighted by molar-refractivity contribution is 6.31. The fourth-order valence-electron chi connectivity index (χ4n) is 3.11. The van der Waals surface area contributed by atoms with Crippen LogP contribution < -0.4 is 5.32 Å². The summed E-state index contributed by atoms with van der Waals surface area (Å²) in [6, 6.07) is 15.4. The molecule has 0 atom stereocenters. The lowest BCUT2D eigenvalue weighted by molar-refractivity contribution is -0.112. The summed E-state index contributed by atoms with van der Waals surface area (Å²) in [7, 11) is 0. The normalized spacial score (nSPS) is 11.2. The lowest BCUT2D eigenvalue weighted by atomic mass is 10.1.